The average Bonchev–Trinajstić information content (AvgIpc) is 1.20. The van der Waals surface area contributed by atoms with Crippen molar-refractivity contribution >= 4 is 22.4 Å². The van der Waals surface area contributed by atoms with Crippen molar-refractivity contribution in [2.45, 2.75) is 195 Å². The standard InChI is InChI=1S/C67H114O17Si2/c1-24-28-44(5)33-46(7)62(80-43-72-17)53(39-81-85(22,23)67(12,13)14)64(77-38-51-29-31-56(73-18)58(35-51)75-20)48(9)55(69)37-54(68)45(6)34-47(8)61(79-42-71-16)49(10)63-50(11)65(60(78-41-70-15)40-82-86(25-2,26-3)27-4)84-66(83-63)52-30-32-57(74-19)59(36-52)76-21/h24,28-36,44-45,48-50,53,55,60-66,69H,25-27,37-43H2,1-23H3/b28-24-,46-33+,47-34+/t44-,45-,48+,49+,50+,53+,55-,60-,61-,62+,63-,64-,65-,66-/m0/s1. The zero-order valence-corrected chi connectivity index (χ0v) is 58.9. The number of ether oxygens (including phenoxy) is 13. The molecule has 0 saturated carbocycles. The van der Waals surface area contributed by atoms with E-state index in [1.807, 2.05) is 76.2 Å². The van der Waals surface area contributed by atoms with E-state index in [2.05, 4.69) is 94.5 Å². The number of Topliss-reactive ketones (excluding diaryl/α,β-unsaturated/α-hetero) is 1. The third-order valence-corrected chi connectivity index (χ3v) is 27.0. The normalized spacial score (nSPS) is 21.0. The van der Waals surface area contributed by atoms with Gasteiger partial charge in [-0.1, -0.05) is 113 Å². The lowest BCUT2D eigenvalue weighted by atomic mass is 9.80. The lowest BCUT2D eigenvalue weighted by molar-refractivity contribution is -0.310. The van der Waals surface area contributed by atoms with Gasteiger partial charge in [-0.05, 0) is 104 Å². The molecule has 19 heteroatoms. The van der Waals surface area contributed by atoms with E-state index in [4.69, 9.17) is 70.4 Å². The van der Waals surface area contributed by atoms with Gasteiger partial charge in [-0.2, -0.15) is 0 Å². The van der Waals surface area contributed by atoms with Gasteiger partial charge in [0.25, 0.3) is 0 Å². The van der Waals surface area contributed by atoms with Crippen molar-refractivity contribution in [1.29, 1.82) is 0 Å². The van der Waals surface area contributed by atoms with Gasteiger partial charge in [0.2, 0.25) is 0 Å². The van der Waals surface area contributed by atoms with E-state index >= 15 is 0 Å². The minimum absolute atomic E-state index is 0.00898. The first kappa shape index (κ1) is 76.7. The SMILES string of the molecule is C/C=C\[C@H](C)/C=C(\C)[C@@H](OCOC)[C@@H](CO[Si](C)(C)C(C)(C)C)[C@@H](OCc1ccc(OC)c(OC)c1)[C@H](C)[C@@H](O)CC(=O)[C@@H](C)/C=C(\C)[C@H](OCOC)[C@@H](C)[C@@H]1O[C@H](c2ccc(OC)c(OC)c2)O[C@H]([C@H](CO[Si](CC)(CC)CC)OCOC)[C@@H]1C. The largest absolute Gasteiger partial charge is 0.493 e. The van der Waals surface area contributed by atoms with Crippen molar-refractivity contribution in [2.24, 2.45) is 35.5 Å². The number of hydrogen-bond donors (Lipinski definition) is 1. The molecule has 86 heavy (non-hydrogen) atoms. The molecule has 0 amide bonds. The first-order chi connectivity index (χ1) is 40.7. The van der Waals surface area contributed by atoms with E-state index in [0.29, 0.717) is 29.6 Å². The molecule has 1 N–H and O–H groups in total. The maximum Gasteiger partial charge on any atom is 0.192 e. The van der Waals surface area contributed by atoms with Gasteiger partial charge in [0, 0.05) is 69.5 Å². The van der Waals surface area contributed by atoms with Gasteiger partial charge in [0.1, 0.15) is 32.3 Å². The fourth-order valence-corrected chi connectivity index (χ4v) is 15.0. The summed E-state index contributed by atoms with van der Waals surface area (Å²) in [7, 11) is 6.74. The first-order valence-corrected chi connectivity index (χ1v) is 36.3. The van der Waals surface area contributed by atoms with Gasteiger partial charge >= 0.3 is 0 Å². The fourth-order valence-electron chi connectivity index (χ4n) is 11.3. The van der Waals surface area contributed by atoms with Crippen LogP contribution >= 0.6 is 0 Å². The fraction of sp³-hybridized carbons (Fsp3) is 0.716. The second-order valence-corrected chi connectivity index (χ2v) is 34.4. The van der Waals surface area contributed by atoms with Crippen LogP contribution in [0.3, 0.4) is 0 Å². The summed E-state index contributed by atoms with van der Waals surface area (Å²) in [6, 6.07) is 14.2. The van der Waals surface area contributed by atoms with E-state index in [1.165, 1.54) is 0 Å². The van der Waals surface area contributed by atoms with Crippen LogP contribution in [0.2, 0.25) is 36.3 Å². The number of allylic oxidation sites excluding steroid dienone is 4. The highest BCUT2D eigenvalue weighted by atomic mass is 28.4. The van der Waals surface area contributed by atoms with Crippen molar-refractivity contribution in [3.8, 4) is 23.0 Å². The highest BCUT2D eigenvalue weighted by Gasteiger charge is 2.48. The van der Waals surface area contributed by atoms with Crippen LogP contribution in [0.15, 0.2) is 71.8 Å². The van der Waals surface area contributed by atoms with Crippen molar-refractivity contribution < 1.29 is 80.3 Å². The molecule has 2 aromatic rings. The van der Waals surface area contributed by atoms with E-state index in [0.717, 1.165) is 40.4 Å². The Bertz CT molecular complexity index is 2360. The molecule has 0 unspecified atom stereocenters. The highest BCUT2D eigenvalue weighted by Crippen LogP contribution is 2.44. The number of aliphatic hydroxyl groups is 1. The Hall–Kier alpha value is -3.52. The van der Waals surface area contributed by atoms with Gasteiger partial charge in [-0.3, -0.25) is 4.79 Å². The third kappa shape index (κ3) is 21.9. The molecule has 1 aliphatic rings. The Morgan fingerprint density at radius 1 is 0.686 bits per heavy atom. The van der Waals surface area contributed by atoms with Gasteiger partial charge < -0.3 is 75.5 Å². The van der Waals surface area contributed by atoms with Gasteiger partial charge in [-0.15, -0.1) is 0 Å². The molecule has 0 spiro atoms. The summed E-state index contributed by atoms with van der Waals surface area (Å²) in [6.07, 6.45) is 2.74. The molecule has 1 heterocycles. The quantitative estimate of drug-likeness (QED) is 0.0378. The number of aliphatic hydroxyl groups excluding tert-OH is 1. The predicted molar refractivity (Wildman–Crippen MR) is 344 cm³/mol. The summed E-state index contributed by atoms with van der Waals surface area (Å²) in [6.45, 7) is 34.6. The summed E-state index contributed by atoms with van der Waals surface area (Å²) in [4.78, 5) is 14.8. The summed E-state index contributed by atoms with van der Waals surface area (Å²) < 4.78 is 94.1. The zero-order chi connectivity index (χ0) is 64.5. The van der Waals surface area contributed by atoms with Crippen molar-refractivity contribution in [1.82, 2.24) is 0 Å². The van der Waals surface area contributed by atoms with Crippen LogP contribution in [-0.2, 0) is 62.9 Å². The van der Waals surface area contributed by atoms with Crippen LogP contribution in [0.25, 0.3) is 0 Å². The topological polar surface area (TPSA) is 176 Å². The first-order valence-electron chi connectivity index (χ1n) is 30.9. The second kappa shape index (κ2) is 37.6. The second-order valence-electron chi connectivity index (χ2n) is 24.8. The summed E-state index contributed by atoms with van der Waals surface area (Å²) >= 11 is 0. The molecule has 0 aliphatic carbocycles. The van der Waals surface area contributed by atoms with Crippen LogP contribution in [0.1, 0.15) is 121 Å². The van der Waals surface area contributed by atoms with Crippen LogP contribution in [0.4, 0.5) is 0 Å². The monoisotopic (exact) mass is 1250 g/mol. The third-order valence-electron chi connectivity index (χ3n) is 17.9. The Morgan fingerprint density at radius 2 is 1.22 bits per heavy atom. The summed E-state index contributed by atoms with van der Waals surface area (Å²) in [5, 5.41) is 12.5. The maximum absolute atomic E-state index is 14.8. The molecule has 0 bridgehead atoms. The Kier molecular flexibility index (Phi) is 33.5. The number of benzene rings is 2. The summed E-state index contributed by atoms with van der Waals surface area (Å²) in [5.41, 5.74) is 3.32. The Labute approximate surface area is 520 Å². The molecule has 14 atom stereocenters. The number of carbonyl (C=O) groups excluding carboxylic acids is 1. The molecule has 492 valence electrons. The van der Waals surface area contributed by atoms with Crippen LogP contribution in [-0.4, -0.2) is 154 Å². The van der Waals surface area contributed by atoms with Crippen LogP contribution in [0.5, 0.6) is 23.0 Å². The number of rotatable bonds is 41. The number of hydrogen-bond acceptors (Lipinski definition) is 17. The van der Waals surface area contributed by atoms with Crippen molar-refractivity contribution in [3.63, 3.8) is 0 Å². The van der Waals surface area contributed by atoms with E-state index in [-0.39, 0.29) is 68.6 Å². The maximum atomic E-state index is 14.8. The summed E-state index contributed by atoms with van der Waals surface area (Å²) in [5.74, 6) is -0.132. The molecule has 3 rings (SSSR count). The smallest absolute Gasteiger partial charge is 0.192 e. The molecular weight excluding hydrogens is 1130 g/mol. The van der Waals surface area contributed by atoms with Crippen LogP contribution in [0, 0.1) is 35.5 Å². The molecular formula is C67H114O17Si2. The molecule has 2 aromatic carbocycles. The Balaban J connectivity index is 2.17. The van der Waals surface area contributed by atoms with Crippen molar-refractivity contribution in [3.05, 3.63) is 83.0 Å². The van der Waals surface area contributed by atoms with Crippen molar-refractivity contribution in [2.75, 3.05) is 83.4 Å². The van der Waals surface area contributed by atoms with Crippen LogP contribution < -0.4 is 18.9 Å². The minimum atomic E-state index is -2.38. The Morgan fingerprint density at radius 3 is 1.77 bits per heavy atom. The predicted octanol–water partition coefficient (Wildman–Crippen LogP) is 13.7. The highest BCUT2D eigenvalue weighted by molar-refractivity contribution is 6.74. The number of methoxy groups -OCH3 is 7. The average molecular weight is 1250 g/mol. The van der Waals surface area contributed by atoms with E-state index < -0.39 is 83.4 Å². The van der Waals surface area contributed by atoms with Gasteiger partial charge in [-0.25, -0.2) is 0 Å². The van der Waals surface area contributed by atoms with E-state index in [1.54, 1.807) is 49.8 Å². The lowest BCUT2D eigenvalue weighted by Crippen LogP contribution is -2.54. The lowest BCUT2D eigenvalue weighted by Gasteiger charge is -2.47. The number of ketones is 1. The molecule has 0 radical (unpaired) electrons. The van der Waals surface area contributed by atoms with Gasteiger partial charge in [0.15, 0.2) is 45.9 Å². The van der Waals surface area contributed by atoms with E-state index in [9.17, 15) is 9.90 Å². The zero-order valence-electron chi connectivity index (χ0n) is 56.9. The molecule has 1 fully saturated rings. The minimum Gasteiger partial charge on any atom is -0.493 e. The number of carbonyl (C=O) groups is 1. The van der Waals surface area contributed by atoms with Gasteiger partial charge in [0.05, 0.1) is 78.3 Å². The molecule has 1 saturated heterocycles. The molecule has 17 nitrogen and oxygen atoms in total. The molecule has 1 aliphatic heterocycles. The molecule has 0 aromatic heterocycles.